The van der Waals surface area contributed by atoms with Crippen LogP contribution in [0.25, 0.3) is 0 Å². The molecular formula is C18H28N2O3. The number of benzene rings is 1. The van der Waals surface area contributed by atoms with Gasteiger partial charge >= 0.3 is 0 Å². The quantitative estimate of drug-likeness (QED) is 0.762. The summed E-state index contributed by atoms with van der Waals surface area (Å²) in [4.78, 5) is 4.52. The van der Waals surface area contributed by atoms with Crippen LogP contribution in [0, 0.1) is 5.92 Å². The summed E-state index contributed by atoms with van der Waals surface area (Å²) in [6.07, 6.45) is 0.808. The van der Waals surface area contributed by atoms with Gasteiger partial charge in [0.05, 0.1) is 12.2 Å². The van der Waals surface area contributed by atoms with Gasteiger partial charge in [0.15, 0.2) is 0 Å². The van der Waals surface area contributed by atoms with Crippen LogP contribution in [-0.4, -0.2) is 71.3 Å². The van der Waals surface area contributed by atoms with Gasteiger partial charge < -0.3 is 20.2 Å². The highest BCUT2D eigenvalue weighted by Crippen LogP contribution is 2.25. The predicted molar refractivity (Wildman–Crippen MR) is 90.5 cm³/mol. The summed E-state index contributed by atoms with van der Waals surface area (Å²) in [6, 6.07) is 10.6. The minimum Gasteiger partial charge on any atom is -0.389 e. The first kappa shape index (κ1) is 16.7. The fourth-order valence-corrected chi connectivity index (χ4v) is 3.74. The zero-order valence-corrected chi connectivity index (χ0v) is 13.6. The van der Waals surface area contributed by atoms with Crippen molar-refractivity contribution in [1.82, 2.24) is 4.90 Å². The van der Waals surface area contributed by atoms with Crippen molar-refractivity contribution in [1.29, 1.82) is 0 Å². The molecule has 3 N–H and O–H groups in total. The molecule has 0 aliphatic carbocycles. The van der Waals surface area contributed by atoms with Crippen LogP contribution >= 0.6 is 0 Å². The Kier molecular flexibility index (Phi) is 5.54. The second-order valence-electron chi connectivity index (χ2n) is 6.94. The van der Waals surface area contributed by atoms with Crippen molar-refractivity contribution in [2.24, 2.45) is 5.92 Å². The first-order valence-electron chi connectivity index (χ1n) is 8.70. The van der Waals surface area contributed by atoms with Crippen LogP contribution in [-0.2, 0) is 0 Å². The minimum absolute atomic E-state index is 0.459. The number of para-hydroxylation sites is 1. The van der Waals surface area contributed by atoms with E-state index in [1.165, 1.54) is 18.5 Å². The van der Waals surface area contributed by atoms with E-state index in [0.717, 1.165) is 26.1 Å². The van der Waals surface area contributed by atoms with Gasteiger partial charge in [-0.25, -0.2) is 0 Å². The second-order valence-corrected chi connectivity index (χ2v) is 6.94. The van der Waals surface area contributed by atoms with Crippen LogP contribution in [0.4, 0.5) is 5.69 Å². The summed E-state index contributed by atoms with van der Waals surface area (Å²) in [5.41, 5.74) is 1.31. The predicted octanol–water partition coefficient (Wildman–Crippen LogP) is 0.691. The van der Waals surface area contributed by atoms with Crippen LogP contribution in [0.15, 0.2) is 30.3 Å². The number of β-amino-alcohol motifs (C(OH)–C–C–N with tert-alkyl or cyclic N) is 2. The Morgan fingerprint density at radius 3 is 2.13 bits per heavy atom. The Balaban J connectivity index is 1.41. The second kappa shape index (κ2) is 7.62. The molecule has 5 heteroatoms. The van der Waals surface area contributed by atoms with E-state index >= 15 is 0 Å². The molecule has 2 heterocycles. The molecule has 0 amide bonds. The maximum atomic E-state index is 9.76. The lowest BCUT2D eigenvalue weighted by molar-refractivity contribution is -0.110. The lowest BCUT2D eigenvalue weighted by atomic mass is 9.92. The lowest BCUT2D eigenvalue weighted by Crippen LogP contribution is -2.55. The molecule has 1 aromatic rings. The van der Waals surface area contributed by atoms with Gasteiger partial charge in [-0.15, -0.1) is 0 Å². The fraction of sp³-hybridized carbons (Fsp3) is 0.667. The van der Waals surface area contributed by atoms with E-state index in [4.69, 9.17) is 0 Å². The normalized spacial score (nSPS) is 30.6. The van der Waals surface area contributed by atoms with E-state index in [9.17, 15) is 15.3 Å². The molecule has 0 radical (unpaired) electrons. The highest BCUT2D eigenvalue weighted by molar-refractivity contribution is 5.46. The van der Waals surface area contributed by atoms with Crippen molar-refractivity contribution in [3.63, 3.8) is 0 Å². The fourth-order valence-electron chi connectivity index (χ4n) is 3.74. The van der Waals surface area contributed by atoms with Crippen molar-refractivity contribution >= 4 is 5.69 Å². The summed E-state index contributed by atoms with van der Waals surface area (Å²) in [7, 11) is 0. The number of nitrogens with zero attached hydrogens (tertiary/aromatic N) is 2. The molecule has 1 aromatic carbocycles. The first-order valence-corrected chi connectivity index (χ1v) is 8.70. The molecule has 5 nitrogen and oxygen atoms in total. The topological polar surface area (TPSA) is 67.2 Å². The molecular weight excluding hydrogens is 292 g/mol. The van der Waals surface area contributed by atoms with E-state index in [2.05, 4.69) is 40.1 Å². The third-order valence-electron chi connectivity index (χ3n) is 5.27. The van der Waals surface area contributed by atoms with Crippen LogP contribution in [0.2, 0.25) is 0 Å². The summed E-state index contributed by atoms with van der Waals surface area (Å²) in [5, 5.41) is 29.1. The molecule has 0 aromatic heterocycles. The van der Waals surface area contributed by atoms with Crippen LogP contribution in [0.5, 0.6) is 0 Å². The van der Waals surface area contributed by atoms with E-state index in [-0.39, 0.29) is 0 Å². The average molecular weight is 320 g/mol. The number of piperidine rings is 2. The molecule has 23 heavy (non-hydrogen) atoms. The minimum atomic E-state index is -1.000. The molecule has 2 aliphatic rings. The van der Waals surface area contributed by atoms with E-state index < -0.39 is 18.3 Å². The van der Waals surface area contributed by atoms with Crippen LogP contribution in [0.1, 0.15) is 19.3 Å². The smallest absolute Gasteiger partial charge is 0.108 e. The van der Waals surface area contributed by atoms with E-state index in [1.807, 2.05) is 0 Å². The third kappa shape index (κ3) is 4.23. The number of aliphatic hydroxyl groups is 3. The monoisotopic (exact) mass is 320 g/mol. The first-order chi connectivity index (χ1) is 11.1. The van der Waals surface area contributed by atoms with Gasteiger partial charge in [-0.05, 0) is 43.9 Å². The molecule has 128 valence electrons. The van der Waals surface area contributed by atoms with Gasteiger partial charge in [0.25, 0.3) is 0 Å². The Morgan fingerprint density at radius 2 is 1.52 bits per heavy atom. The molecule has 2 fully saturated rings. The van der Waals surface area contributed by atoms with Crippen molar-refractivity contribution in [3.05, 3.63) is 30.3 Å². The van der Waals surface area contributed by atoms with Gasteiger partial charge in [0.1, 0.15) is 6.10 Å². The summed E-state index contributed by atoms with van der Waals surface area (Å²) >= 11 is 0. The number of likely N-dealkylation sites (tertiary alicyclic amines) is 1. The number of hydrogen-bond acceptors (Lipinski definition) is 5. The summed E-state index contributed by atoms with van der Waals surface area (Å²) < 4.78 is 0. The summed E-state index contributed by atoms with van der Waals surface area (Å²) in [6.45, 7) is 4.00. The highest BCUT2D eigenvalue weighted by Gasteiger charge is 2.33. The molecule has 2 unspecified atom stereocenters. The zero-order chi connectivity index (χ0) is 16.2. The number of hydrogen-bond donors (Lipinski definition) is 3. The molecule has 0 saturated carbocycles. The third-order valence-corrected chi connectivity index (χ3v) is 5.27. The zero-order valence-electron chi connectivity index (χ0n) is 13.6. The SMILES string of the molecule is OC1CN(CCC2CCN(c3ccccc3)CC2)CC(O)C1O. The van der Waals surface area contributed by atoms with Gasteiger partial charge in [-0.2, -0.15) is 0 Å². The Labute approximate surface area is 138 Å². The van der Waals surface area contributed by atoms with Crippen LogP contribution < -0.4 is 4.90 Å². The summed E-state index contributed by atoms with van der Waals surface area (Å²) in [5.74, 6) is 0.705. The largest absolute Gasteiger partial charge is 0.389 e. The standard InChI is InChI=1S/C18H28N2O3/c21-16-12-19(13-17(22)18(16)23)9-6-14-7-10-20(11-8-14)15-4-2-1-3-5-15/h1-5,14,16-18,21-23H,6-13H2. The number of anilines is 1. The van der Waals surface area contributed by atoms with Crippen molar-refractivity contribution < 1.29 is 15.3 Å². The maximum absolute atomic E-state index is 9.76. The Hall–Kier alpha value is -1.14. The molecule has 0 bridgehead atoms. The molecule has 3 rings (SSSR count). The van der Waals surface area contributed by atoms with Crippen molar-refractivity contribution in [2.75, 3.05) is 37.6 Å². The Bertz CT molecular complexity index is 464. The molecule has 0 spiro atoms. The maximum Gasteiger partial charge on any atom is 0.108 e. The number of rotatable bonds is 4. The van der Waals surface area contributed by atoms with E-state index in [0.29, 0.717) is 19.0 Å². The average Bonchev–Trinajstić information content (AvgIpc) is 2.59. The number of aliphatic hydroxyl groups excluding tert-OH is 3. The molecule has 2 saturated heterocycles. The van der Waals surface area contributed by atoms with Gasteiger partial charge in [-0.3, -0.25) is 4.90 Å². The highest BCUT2D eigenvalue weighted by atomic mass is 16.4. The molecule has 2 atom stereocenters. The Morgan fingerprint density at radius 1 is 0.913 bits per heavy atom. The van der Waals surface area contributed by atoms with Gasteiger partial charge in [0.2, 0.25) is 0 Å². The molecule has 2 aliphatic heterocycles. The van der Waals surface area contributed by atoms with Crippen LogP contribution in [0.3, 0.4) is 0 Å². The lowest BCUT2D eigenvalue weighted by Gasteiger charge is -2.38. The van der Waals surface area contributed by atoms with Gasteiger partial charge in [-0.1, -0.05) is 18.2 Å². The van der Waals surface area contributed by atoms with Crippen molar-refractivity contribution in [2.45, 2.75) is 37.6 Å². The van der Waals surface area contributed by atoms with Gasteiger partial charge in [0, 0.05) is 31.9 Å². The van der Waals surface area contributed by atoms with Crippen molar-refractivity contribution in [3.8, 4) is 0 Å². The van der Waals surface area contributed by atoms with E-state index in [1.54, 1.807) is 0 Å².